The van der Waals surface area contributed by atoms with Crippen molar-refractivity contribution >= 4 is 23.0 Å². The Bertz CT molecular complexity index is 744. The van der Waals surface area contributed by atoms with E-state index in [-0.39, 0.29) is 5.56 Å². The molecule has 1 aliphatic heterocycles. The van der Waals surface area contributed by atoms with Crippen molar-refractivity contribution < 1.29 is 19.4 Å². The lowest BCUT2D eigenvalue weighted by atomic mass is 10.1. The molecular formula is C17H20N2O4S. The third kappa shape index (κ3) is 3.37. The van der Waals surface area contributed by atoms with Gasteiger partial charge in [-0.3, -0.25) is 0 Å². The van der Waals surface area contributed by atoms with E-state index in [0.717, 1.165) is 21.1 Å². The molecule has 0 atom stereocenters. The molecule has 3 rings (SSSR count). The Morgan fingerprint density at radius 1 is 1.50 bits per heavy atom. The normalized spacial score (nSPS) is 13.5. The molecule has 0 saturated heterocycles. The highest BCUT2D eigenvalue weighted by Gasteiger charge is 2.25. The zero-order valence-corrected chi connectivity index (χ0v) is 14.6. The van der Waals surface area contributed by atoms with Gasteiger partial charge in [0.2, 0.25) is 0 Å². The standard InChI is InChI=1S/C17H20N2O4S/c1-3-22-6-4-19-5-7-23-15-13(16-18-10-11(2)24-16)8-12(17(20)21)9-14(15)19/h8-10H,3-7H2,1-2H3,(H,20,21). The van der Waals surface area contributed by atoms with Crippen LogP contribution >= 0.6 is 11.3 Å². The van der Waals surface area contributed by atoms with Crippen LogP contribution in [0.3, 0.4) is 0 Å². The van der Waals surface area contributed by atoms with Gasteiger partial charge in [-0.2, -0.15) is 0 Å². The number of carbonyl (C=O) groups is 1. The molecule has 1 N–H and O–H groups in total. The fourth-order valence-electron chi connectivity index (χ4n) is 2.69. The molecule has 1 aromatic carbocycles. The number of hydrogen-bond donors (Lipinski definition) is 1. The van der Waals surface area contributed by atoms with Crippen LogP contribution in [0, 0.1) is 6.92 Å². The van der Waals surface area contributed by atoms with Crippen LogP contribution in [0.15, 0.2) is 18.3 Å². The highest BCUT2D eigenvalue weighted by Crippen LogP contribution is 2.42. The molecule has 0 unspecified atom stereocenters. The molecule has 0 bridgehead atoms. The van der Waals surface area contributed by atoms with Crippen LogP contribution in [-0.2, 0) is 4.74 Å². The van der Waals surface area contributed by atoms with Gasteiger partial charge < -0.3 is 19.5 Å². The minimum atomic E-state index is -0.956. The van der Waals surface area contributed by atoms with Crippen molar-refractivity contribution in [3.8, 4) is 16.3 Å². The smallest absolute Gasteiger partial charge is 0.335 e. The van der Waals surface area contributed by atoms with Crippen molar-refractivity contribution in [2.75, 3.05) is 37.8 Å². The highest BCUT2D eigenvalue weighted by atomic mass is 32.1. The average Bonchev–Trinajstić information content (AvgIpc) is 3.00. The number of rotatable bonds is 6. The molecule has 1 aromatic heterocycles. The van der Waals surface area contributed by atoms with Crippen LogP contribution in [0.4, 0.5) is 5.69 Å². The Hall–Kier alpha value is -2.12. The van der Waals surface area contributed by atoms with Gasteiger partial charge in [0, 0.05) is 24.2 Å². The first-order valence-electron chi connectivity index (χ1n) is 7.89. The molecule has 7 heteroatoms. The monoisotopic (exact) mass is 348 g/mol. The third-order valence-electron chi connectivity index (χ3n) is 3.83. The summed E-state index contributed by atoms with van der Waals surface area (Å²) in [6, 6.07) is 3.32. The van der Waals surface area contributed by atoms with E-state index in [9.17, 15) is 9.90 Å². The fourth-order valence-corrected chi connectivity index (χ4v) is 3.47. The minimum Gasteiger partial charge on any atom is -0.489 e. The first-order valence-corrected chi connectivity index (χ1v) is 8.71. The molecular weight excluding hydrogens is 328 g/mol. The van der Waals surface area contributed by atoms with E-state index in [0.29, 0.717) is 38.7 Å². The number of fused-ring (bicyclic) bond motifs is 1. The van der Waals surface area contributed by atoms with E-state index in [1.54, 1.807) is 18.3 Å². The van der Waals surface area contributed by atoms with Crippen molar-refractivity contribution in [2.45, 2.75) is 13.8 Å². The summed E-state index contributed by atoms with van der Waals surface area (Å²) in [7, 11) is 0. The van der Waals surface area contributed by atoms with Crippen LogP contribution in [0.1, 0.15) is 22.2 Å². The number of thiazole rings is 1. The fraction of sp³-hybridized carbons (Fsp3) is 0.412. The lowest BCUT2D eigenvalue weighted by molar-refractivity contribution is 0.0697. The second-order valence-electron chi connectivity index (χ2n) is 5.49. The first-order chi connectivity index (χ1) is 11.6. The lowest BCUT2D eigenvalue weighted by Gasteiger charge is -2.32. The maximum Gasteiger partial charge on any atom is 0.335 e. The molecule has 2 heterocycles. The van der Waals surface area contributed by atoms with E-state index in [4.69, 9.17) is 9.47 Å². The quantitative estimate of drug-likeness (QED) is 0.809. The van der Waals surface area contributed by atoms with Gasteiger partial charge in [0.25, 0.3) is 0 Å². The Kier molecular flexibility index (Phi) is 5.01. The van der Waals surface area contributed by atoms with Gasteiger partial charge in [0.15, 0.2) is 5.75 Å². The minimum absolute atomic E-state index is 0.239. The van der Waals surface area contributed by atoms with E-state index in [2.05, 4.69) is 9.88 Å². The summed E-state index contributed by atoms with van der Waals surface area (Å²) in [4.78, 5) is 19.1. The summed E-state index contributed by atoms with van der Waals surface area (Å²) < 4.78 is 11.3. The number of carboxylic acids is 1. The SMILES string of the molecule is CCOCCN1CCOc2c(-c3ncc(C)s3)cc(C(=O)O)cc21. The predicted molar refractivity (Wildman–Crippen MR) is 93.4 cm³/mol. The third-order valence-corrected chi connectivity index (χ3v) is 4.77. The molecule has 0 amide bonds. The van der Waals surface area contributed by atoms with Crippen molar-refractivity contribution in [2.24, 2.45) is 0 Å². The molecule has 24 heavy (non-hydrogen) atoms. The van der Waals surface area contributed by atoms with Gasteiger partial charge in [0.1, 0.15) is 11.6 Å². The molecule has 0 saturated carbocycles. The number of nitrogens with zero attached hydrogens (tertiary/aromatic N) is 2. The molecule has 128 valence electrons. The molecule has 0 radical (unpaired) electrons. The Morgan fingerprint density at radius 2 is 2.33 bits per heavy atom. The van der Waals surface area contributed by atoms with Crippen molar-refractivity contribution in [1.29, 1.82) is 0 Å². The number of benzene rings is 1. The number of aromatic carboxylic acids is 1. The van der Waals surface area contributed by atoms with E-state index in [1.807, 2.05) is 13.8 Å². The van der Waals surface area contributed by atoms with Gasteiger partial charge in [-0.05, 0) is 26.0 Å². The highest BCUT2D eigenvalue weighted by molar-refractivity contribution is 7.15. The predicted octanol–water partition coefficient (Wildman–Crippen LogP) is 3.05. The number of anilines is 1. The van der Waals surface area contributed by atoms with Crippen molar-refractivity contribution in [1.82, 2.24) is 4.98 Å². The van der Waals surface area contributed by atoms with Gasteiger partial charge in [-0.15, -0.1) is 11.3 Å². The Morgan fingerprint density at radius 3 is 3.00 bits per heavy atom. The number of aryl methyl sites for hydroxylation is 1. The van der Waals surface area contributed by atoms with Crippen LogP contribution in [0.2, 0.25) is 0 Å². The Labute approximate surface area is 144 Å². The van der Waals surface area contributed by atoms with Crippen LogP contribution in [0.25, 0.3) is 10.6 Å². The topological polar surface area (TPSA) is 71.9 Å². The van der Waals surface area contributed by atoms with Gasteiger partial charge in [-0.1, -0.05) is 0 Å². The van der Waals surface area contributed by atoms with Crippen LogP contribution in [-0.4, -0.2) is 49.0 Å². The molecule has 1 aliphatic rings. The Balaban J connectivity index is 2.05. The summed E-state index contributed by atoms with van der Waals surface area (Å²) in [5.41, 5.74) is 1.77. The molecule has 2 aromatic rings. The summed E-state index contributed by atoms with van der Waals surface area (Å²) in [6.07, 6.45) is 1.79. The van der Waals surface area contributed by atoms with Gasteiger partial charge in [-0.25, -0.2) is 9.78 Å². The maximum atomic E-state index is 11.5. The second-order valence-corrected chi connectivity index (χ2v) is 6.72. The molecule has 0 fully saturated rings. The number of aromatic nitrogens is 1. The number of carboxylic acid groups (broad SMARTS) is 1. The zero-order valence-electron chi connectivity index (χ0n) is 13.7. The molecule has 0 spiro atoms. The summed E-state index contributed by atoms with van der Waals surface area (Å²) in [5.74, 6) is -0.250. The molecule has 0 aliphatic carbocycles. The number of ether oxygens (including phenoxy) is 2. The summed E-state index contributed by atoms with van der Waals surface area (Å²) in [5, 5.41) is 10.2. The average molecular weight is 348 g/mol. The van der Waals surface area contributed by atoms with E-state index < -0.39 is 5.97 Å². The van der Waals surface area contributed by atoms with Crippen molar-refractivity contribution in [3.05, 3.63) is 28.8 Å². The van der Waals surface area contributed by atoms with Crippen LogP contribution < -0.4 is 9.64 Å². The van der Waals surface area contributed by atoms with Gasteiger partial charge in [0.05, 0.1) is 30.0 Å². The van der Waals surface area contributed by atoms with Crippen molar-refractivity contribution in [3.63, 3.8) is 0 Å². The summed E-state index contributed by atoms with van der Waals surface area (Å²) >= 11 is 1.53. The van der Waals surface area contributed by atoms with E-state index in [1.165, 1.54) is 11.3 Å². The zero-order chi connectivity index (χ0) is 17.1. The van der Waals surface area contributed by atoms with E-state index >= 15 is 0 Å². The number of hydrogen-bond acceptors (Lipinski definition) is 6. The maximum absolute atomic E-state index is 11.5. The molecule has 6 nitrogen and oxygen atoms in total. The largest absolute Gasteiger partial charge is 0.489 e. The van der Waals surface area contributed by atoms with Gasteiger partial charge >= 0.3 is 5.97 Å². The first kappa shape index (κ1) is 16.7. The second kappa shape index (κ2) is 7.19. The lowest BCUT2D eigenvalue weighted by Crippen LogP contribution is -2.35. The van der Waals surface area contributed by atoms with Crippen LogP contribution in [0.5, 0.6) is 5.75 Å². The summed E-state index contributed by atoms with van der Waals surface area (Å²) in [6.45, 7) is 7.16.